The molecule has 0 unspecified atom stereocenters. The number of benzene rings is 8. The van der Waals surface area contributed by atoms with Gasteiger partial charge in [-0.1, -0.05) is 103 Å². The summed E-state index contributed by atoms with van der Waals surface area (Å²) in [6, 6.07) is 60.6. The van der Waals surface area contributed by atoms with E-state index in [-0.39, 0.29) is 5.82 Å². The minimum absolute atomic E-state index is 0.246. The molecule has 11 aromatic rings. The van der Waals surface area contributed by atoms with E-state index in [0.717, 1.165) is 72.2 Å². The molecule has 0 atom stereocenters. The molecular weight excluding hydrogens is 672 g/mol. The largest absolute Gasteiger partial charge is 0.454 e. The molecular formula is C48H29FN2OS. The number of para-hydroxylation sites is 3. The van der Waals surface area contributed by atoms with Gasteiger partial charge in [-0.05, 0) is 83.9 Å². The second-order valence-electron chi connectivity index (χ2n) is 13.4. The van der Waals surface area contributed by atoms with Gasteiger partial charge in [-0.2, -0.15) is 0 Å². The van der Waals surface area contributed by atoms with Crippen LogP contribution in [-0.4, -0.2) is 4.57 Å². The zero-order valence-electron chi connectivity index (χ0n) is 28.3. The fraction of sp³-hybridized carbons (Fsp3) is 0. The molecule has 0 N–H and O–H groups in total. The summed E-state index contributed by atoms with van der Waals surface area (Å²) >= 11 is 1.82. The zero-order valence-corrected chi connectivity index (χ0v) is 29.1. The molecule has 0 bridgehead atoms. The van der Waals surface area contributed by atoms with Crippen LogP contribution >= 0.6 is 11.3 Å². The Morgan fingerprint density at radius 2 is 1.15 bits per heavy atom. The van der Waals surface area contributed by atoms with Crippen LogP contribution in [-0.2, 0) is 0 Å². The van der Waals surface area contributed by atoms with Crippen molar-refractivity contribution in [3.8, 4) is 16.8 Å². The molecule has 3 nitrogen and oxygen atoms in total. The molecule has 3 aromatic heterocycles. The van der Waals surface area contributed by atoms with Gasteiger partial charge in [0, 0.05) is 48.4 Å². The van der Waals surface area contributed by atoms with E-state index < -0.39 is 0 Å². The van der Waals surface area contributed by atoms with Crippen molar-refractivity contribution in [1.29, 1.82) is 0 Å². The normalized spacial score (nSPS) is 11.9. The Balaban J connectivity index is 1.10. The van der Waals surface area contributed by atoms with Crippen LogP contribution in [0.5, 0.6) is 0 Å². The third kappa shape index (κ3) is 4.64. The van der Waals surface area contributed by atoms with Crippen LogP contribution in [0.2, 0.25) is 0 Å². The van der Waals surface area contributed by atoms with E-state index in [2.05, 4.69) is 149 Å². The lowest BCUT2D eigenvalue weighted by molar-refractivity contribution is 0.627. The second-order valence-corrected chi connectivity index (χ2v) is 14.5. The highest BCUT2D eigenvalue weighted by molar-refractivity contribution is 7.26. The predicted molar refractivity (Wildman–Crippen MR) is 221 cm³/mol. The van der Waals surface area contributed by atoms with E-state index in [1.54, 1.807) is 0 Å². The molecule has 8 aromatic carbocycles. The second kappa shape index (κ2) is 11.7. The molecule has 0 aliphatic rings. The van der Waals surface area contributed by atoms with E-state index in [9.17, 15) is 4.39 Å². The van der Waals surface area contributed by atoms with E-state index in [1.165, 1.54) is 37.7 Å². The molecule has 0 spiro atoms. The molecule has 53 heavy (non-hydrogen) atoms. The molecule has 11 rings (SSSR count). The number of fused-ring (bicyclic) bond motifs is 9. The summed E-state index contributed by atoms with van der Waals surface area (Å²) in [5.74, 6) is -0.246. The van der Waals surface area contributed by atoms with Crippen molar-refractivity contribution in [2.75, 3.05) is 4.90 Å². The first-order chi connectivity index (χ1) is 26.2. The van der Waals surface area contributed by atoms with Gasteiger partial charge in [-0.15, -0.1) is 11.3 Å². The lowest BCUT2D eigenvalue weighted by Crippen LogP contribution is -2.10. The van der Waals surface area contributed by atoms with Crippen molar-refractivity contribution in [2.45, 2.75) is 0 Å². The minimum Gasteiger partial charge on any atom is -0.454 e. The maximum absolute atomic E-state index is 14.0. The van der Waals surface area contributed by atoms with Gasteiger partial charge < -0.3 is 13.9 Å². The lowest BCUT2D eigenvalue weighted by atomic mass is 10.0. The molecule has 0 fully saturated rings. The SMILES string of the molecule is Fc1ccc(-n2c3ccccc3c3ccc(-c4ccc(N(c5cccc6c5oc5ccccc56)c5cccc6c5sc5ccccc56)cc4)cc32)cc1. The summed E-state index contributed by atoms with van der Waals surface area (Å²) in [6.45, 7) is 0. The topological polar surface area (TPSA) is 21.3 Å². The van der Waals surface area contributed by atoms with Crippen molar-refractivity contribution in [3.05, 3.63) is 182 Å². The van der Waals surface area contributed by atoms with Crippen LogP contribution in [0.15, 0.2) is 180 Å². The summed E-state index contributed by atoms with van der Waals surface area (Å²) in [4.78, 5) is 2.35. The molecule has 250 valence electrons. The quantitative estimate of drug-likeness (QED) is 0.178. The number of rotatable bonds is 5. The molecule has 0 aliphatic carbocycles. The van der Waals surface area contributed by atoms with E-state index >= 15 is 0 Å². The Labute approximate surface area is 308 Å². The van der Waals surface area contributed by atoms with Gasteiger partial charge in [0.1, 0.15) is 11.4 Å². The van der Waals surface area contributed by atoms with Crippen LogP contribution in [0, 0.1) is 5.82 Å². The van der Waals surface area contributed by atoms with Crippen LogP contribution in [0.4, 0.5) is 21.5 Å². The third-order valence-electron chi connectivity index (χ3n) is 10.5. The summed E-state index contributed by atoms with van der Waals surface area (Å²) in [5, 5.41) is 7.03. The Morgan fingerprint density at radius 1 is 0.491 bits per heavy atom. The number of thiophene rings is 1. The fourth-order valence-electron chi connectivity index (χ4n) is 8.05. The molecule has 3 heterocycles. The van der Waals surface area contributed by atoms with Gasteiger partial charge >= 0.3 is 0 Å². The van der Waals surface area contributed by atoms with Crippen molar-refractivity contribution in [2.24, 2.45) is 0 Å². The number of furan rings is 1. The smallest absolute Gasteiger partial charge is 0.159 e. The van der Waals surface area contributed by atoms with Crippen LogP contribution in [0.3, 0.4) is 0 Å². The van der Waals surface area contributed by atoms with Gasteiger partial charge in [0.05, 0.1) is 27.1 Å². The summed E-state index contributed by atoms with van der Waals surface area (Å²) < 4.78 is 25.3. The number of hydrogen-bond donors (Lipinski definition) is 0. The van der Waals surface area contributed by atoms with E-state index in [4.69, 9.17) is 4.42 Å². The van der Waals surface area contributed by atoms with Crippen molar-refractivity contribution in [1.82, 2.24) is 4.57 Å². The van der Waals surface area contributed by atoms with Crippen molar-refractivity contribution < 1.29 is 8.81 Å². The van der Waals surface area contributed by atoms with Gasteiger partial charge in [0.15, 0.2) is 5.58 Å². The number of hydrogen-bond acceptors (Lipinski definition) is 3. The number of anilines is 3. The highest BCUT2D eigenvalue weighted by Crippen LogP contribution is 2.47. The number of nitrogens with zero attached hydrogens (tertiary/aromatic N) is 2. The predicted octanol–water partition coefficient (Wildman–Crippen LogP) is 14.3. The third-order valence-corrected chi connectivity index (χ3v) is 11.7. The van der Waals surface area contributed by atoms with Gasteiger partial charge in [0.2, 0.25) is 0 Å². The highest BCUT2D eigenvalue weighted by Gasteiger charge is 2.22. The Bertz CT molecular complexity index is 3070. The average Bonchev–Trinajstić information content (AvgIpc) is 3.89. The van der Waals surface area contributed by atoms with Crippen molar-refractivity contribution in [3.63, 3.8) is 0 Å². The summed E-state index contributed by atoms with van der Waals surface area (Å²) in [7, 11) is 0. The van der Waals surface area contributed by atoms with Crippen LogP contribution < -0.4 is 4.90 Å². The van der Waals surface area contributed by atoms with Gasteiger partial charge in [0.25, 0.3) is 0 Å². The molecule has 5 heteroatoms. The number of halogens is 1. The minimum atomic E-state index is -0.246. The van der Waals surface area contributed by atoms with Crippen LogP contribution in [0.1, 0.15) is 0 Å². The summed E-state index contributed by atoms with van der Waals surface area (Å²) in [6.07, 6.45) is 0. The maximum atomic E-state index is 14.0. The first-order valence-electron chi connectivity index (χ1n) is 17.7. The Hall–Kier alpha value is -6.69. The van der Waals surface area contributed by atoms with Gasteiger partial charge in [-0.3, -0.25) is 0 Å². The number of aromatic nitrogens is 1. The molecule has 0 aliphatic heterocycles. The Kier molecular flexibility index (Phi) is 6.60. The zero-order chi connectivity index (χ0) is 35.0. The highest BCUT2D eigenvalue weighted by atomic mass is 32.1. The summed E-state index contributed by atoms with van der Waals surface area (Å²) in [5.41, 5.74) is 10.2. The Morgan fingerprint density at radius 3 is 2.00 bits per heavy atom. The first kappa shape index (κ1) is 30.0. The monoisotopic (exact) mass is 700 g/mol. The molecule has 0 saturated carbocycles. The van der Waals surface area contributed by atoms with Gasteiger partial charge in [-0.25, -0.2) is 4.39 Å². The van der Waals surface area contributed by atoms with E-state index in [0.29, 0.717) is 0 Å². The fourth-order valence-corrected chi connectivity index (χ4v) is 9.25. The molecule has 0 radical (unpaired) electrons. The molecule has 0 amide bonds. The van der Waals surface area contributed by atoms with E-state index in [1.807, 2.05) is 35.6 Å². The van der Waals surface area contributed by atoms with Crippen molar-refractivity contribution >= 4 is 92.3 Å². The average molecular weight is 701 g/mol. The maximum Gasteiger partial charge on any atom is 0.159 e. The lowest BCUT2D eigenvalue weighted by Gasteiger charge is -2.26. The van der Waals surface area contributed by atoms with Crippen LogP contribution in [0.25, 0.3) is 80.7 Å². The molecule has 0 saturated heterocycles. The standard InChI is InChI=1S/C48H29FN2OS/c49-32-22-26-34(27-23-32)50-41-14-4-1-9-35(41)36-28-21-31(29-44(36)50)30-19-24-33(25-20-30)51(42-15-7-12-39-37-10-2-5-17-45(37)52-47(39)42)43-16-8-13-40-38-11-3-6-18-46(38)53-48(40)43/h1-29H. The first-order valence-corrected chi connectivity index (χ1v) is 18.5.